The smallest absolute Gasteiger partial charge is 0.400 e. The summed E-state index contributed by atoms with van der Waals surface area (Å²) in [6, 6.07) is 3.96. The summed E-state index contributed by atoms with van der Waals surface area (Å²) in [7, 11) is -1.37. The van der Waals surface area contributed by atoms with Crippen molar-refractivity contribution >= 4 is 12.7 Å². The first-order valence-electron chi connectivity index (χ1n) is 3.31. The second kappa shape index (κ2) is 2.31. The molecule has 0 atom stereocenters. The van der Waals surface area contributed by atoms with Crippen LogP contribution in [-0.4, -0.2) is 7.19 Å². The van der Waals surface area contributed by atoms with Gasteiger partial charge in [0.2, 0.25) is 0 Å². The summed E-state index contributed by atoms with van der Waals surface area (Å²) >= 11 is 0. The van der Waals surface area contributed by atoms with Crippen LogP contribution in [0.2, 0.25) is 0 Å². The summed E-state index contributed by atoms with van der Waals surface area (Å²) in [5.74, 6) is -0.346. The highest BCUT2D eigenvalue weighted by atomic mass is 19.1. The third-order valence-corrected chi connectivity index (χ3v) is 1.73. The largest absolute Gasteiger partial charge is 0.535 e. The molecule has 1 heterocycles. The average molecular weight is 154 g/mol. The molecule has 0 aliphatic carbocycles. The van der Waals surface area contributed by atoms with Gasteiger partial charge in [0.15, 0.2) is 0 Å². The molecule has 1 aliphatic rings. The average Bonchev–Trinajstić information content (AvgIpc) is 2.32. The Morgan fingerprint density at radius 2 is 2.27 bits per heavy atom. The van der Waals surface area contributed by atoms with E-state index in [1.807, 2.05) is 0 Å². The van der Waals surface area contributed by atoms with Crippen molar-refractivity contribution in [2.24, 2.45) is 0 Å². The number of hydrogen-bond donors (Lipinski definition) is 0. The highest BCUT2D eigenvalue weighted by Crippen LogP contribution is 2.12. The lowest BCUT2D eigenvalue weighted by Gasteiger charge is -1.94. The van der Waals surface area contributed by atoms with Gasteiger partial charge in [-0.2, -0.15) is 0 Å². The van der Waals surface area contributed by atoms with Crippen LogP contribution in [0.25, 0.3) is 0 Å². The van der Waals surface area contributed by atoms with E-state index >= 15 is 0 Å². The third kappa shape index (κ3) is 1.03. The number of rotatable bonds is 0. The van der Waals surface area contributed by atoms with E-state index in [4.69, 9.17) is 0 Å². The first-order chi connectivity index (χ1) is 5.27. The Kier molecular flexibility index (Phi) is 1.42. The summed E-state index contributed by atoms with van der Waals surface area (Å²) in [6.45, 7) is 0.175. The van der Waals surface area contributed by atoms with Gasteiger partial charge in [0, 0.05) is 0 Å². The molecule has 0 aromatic heterocycles. The van der Waals surface area contributed by atoms with Crippen LogP contribution in [0, 0.1) is 5.82 Å². The van der Waals surface area contributed by atoms with Crippen molar-refractivity contribution in [1.82, 2.24) is 0 Å². The van der Waals surface area contributed by atoms with Gasteiger partial charge in [-0.25, -0.2) is 4.39 Å². The molecule has 0 saturated heterocycles. The third-order valence-electron chi connectivity index (χ3n) is 1.73. The number of fused-ring (bicyclic) bond motifs is 1. The molecule has 11 heavy (non-hydrogen) atoms. The monoisotopic (exact) mass is 154 g/mol. The summed E-state index contributed by atoms with van der Waals surface area (Å²) in [5, 5.41) is 0. The molecule has 0 fully saturated rings. The van der Waals surface area contributed by atoms with Gasteiger partial charge in [0.25, 0.3) is 0 Å². The summed E-state index contributed by atoms with van der Waals surface area (Å²) < 4.78 is 29.9. The topological polar surface area (TPSA) is 9.23 Å². The van der Waals surface area contributed by atoms with Crippen molar-refractivity contribution in [3.05, 3.63) is 29.6 Å². The second-order valence-corrected chi connectivity index (χ2v) is 2.47. The van der Waals surface area contributed by atoms with Crippen molar-refractivity contribution in [3.8, 4) is 0 Å². The van der Waals surface area contributed by atoms with Crippen LogP contribution in [0.1, 0.15) is 5.56 Å². The number of hydrogen-bond acceptors (Lipinski definition) is 1. The maximum atomic E-state index is 12.7. The van der Waals surface area contributed by atoms with Crippen molar-refractivity contribution in [1.29, 1.82) is 0 Å². The normalized spacial score (nSPS) is 15.3. The van der Waals surface area contributed by atoms with E-state index in [1.165, 1.54) is 18.2 Å². The zero-order chi connectivity index (χ0) is 7.84. The molecule has 56 valence electrons. The molecular weight excluding hydrogens is 149 g/mol. The predicted molar refractivity (Wildman–Crippen MR) is 37.7 cm³/mol. The van der Waals surface area contributed by atoms with E-state index < -0.39 is 7.19 Å². The van der Waals surface area contributed by atoms with Crippen LogP contribution in [0.5, 0.6) is 0 Å². The Hall–Kier alpha value is -0.895. The molecule has 0 N–H and O–H groups in total. The molecule has 1 nitrogen and oxygen atoms in total. The van der Waals surface area contributed by atoms with Gasteiger partial charge in [-0.05, 0) is 23.2 Å². The minimum atomic E-state index is -1.37. The number of benzene rings is 1. The molecule has 0 saturated carbocycles. The molecule has 4 heteroatoms. The van der Waals surface area contributed by atoms with Crippen LogP contribution < -0.4 is 5.46 Å². The quantitative estimate of drug-likeness (QED) is 0.507. The van der Waals surface area contributed by atoms with Gasteiger partial charge < -0.3 is 4.65 Å². The van der Waals surface area contributed by atoms with Crippen molar-refractivity contribution in [2.45, 2.75) is 6.61 Å². The summed E-state index contributed by atoms with van der Waals surface area (Å²) in [6.07, 6.45) is 0. The Morgan fingerprint density at radius 3 is 3.09 bits per heavy atom. The molecule has 0 bridgehead atoms. The summed E-state index contributed by atoms with van der Waals surface area (Å²) in [5.41, 5.74) is 1.06. The van der Waals surface area contributed by atoms with Gasteiger partial charge in [0.05, 0.1) is 6.61 Å². The molecule has 1 aromatic rings. The van der Waals surface area contributed by atoms with Gasteiger partial charge in [-0.15, -0.1) is 0 Å². The Bertz CT molecular complexity index is 290. The fourth-order valence-corrected chi connectivity index (χ4v) is 1.17. The van der Waals surface area contributed by atoms with Crippen LogP contribution in [-0.2, 0) is 11.3 Å². The lowest BCUT2D eigenvalue weighted by molar-refractivity contribution is 0.304. The number of halogens is 2. The fraction of sp³-hybridized carbons (Fsp3) is 0.143. The van der Waals surface area contributed by atoms with Crippen molar-refractivity contribution in [3.63, 3.8) is 0 Å². The zero-order valence-corrected chi connectivity index (χ0v) is 5.68. The minimum Gasteiger partial charge on any atom is -0.400 e. The standard InChI is InChI=1S/C7H5BF2O/c9-6-1-2-7-5(3-6)4-11-8(7)10/h1-3H,4H2. The first kappa shape index (κ1) is 6.79. The molecule has 0 amide bonds. The molecule has 0 spiro atoms. The van der Waals surface area contributed by atoms with Gasteiger partial charge in [-0.3, -0.25) is 4.32 Å². The highest BCUT2D eigenvalue weighted by Gasteiger charge is 2.28. The van der Waals surface area contributed by atoms with Gasteiger partial charge >= 0.3 is 7.19 Å². The van der Waals surface area contributed by atoms with Gasteiger partial charge in [-0.1, -0.05) is 6.07 Å². The lowest BCUT2D eigenvalue weighted by atomic mass is 9.82. The van der Waals surface area contributed by atoms with E-state index in [-0.39, 0.29) is 12.4 Å². The van der Waals surface area contributed by atoms with Crippen LogP contribution in [0.15, 0.2) is 18.2 Å². The Labute approximate surface area is 63.1 Å². The zero-order valence-electron chi connectivity index (χ0n) is 5.68. The maximum absolute atomic E-state index is 12.7. The Balaban J connectivity index is 2.50. The van der Waals surface area contributed by atoms with Crippen molar-refractivity contribution < 1.29 is 13.4 Å². The second-order valence-electron chi connectivity index (χ2n) is 2.47. The maximum Gasteiger partial charge on any atom is 0.535 e. The molecule has 1 aliphatic heterocycles. The van der Waals surface area contributed by atoms with Crippen LogP contribution in [0.4, 0.5) is 8.71 Å². The highest BCUT2D eigenvalue weighted by molar-refractivity contribution is 6.62. The first-order valence-corrected chi connectivity index (χ1v) is 3.31. The SMILES string of the molecule is FB1OCc2cc(F)ccc21. The Morgan fingerprint density at radius 1 is 1.45 bits per heavy atom. The van der Waals surface area contributed by atoms with Gasteiger partial charge in [0.1, 0.15) is 5.82 Å². The molecular formula is C7H5BF2O. The molecule has 0 unspecified atom stereocenters. The predicted octanol–water partition coefficient (Wildman–Crippen LogP) is 1.02. The van der Waals surface area contributed by atoms with E-state index in [0.29, 0.717) is 11.0 Å². The van der Waals surface area contributed by atoms with E-state index in [2.05, 4.69) is 4.65 Å². The van der Waals surface area contributed by atoms with Crippen molar-refractivity contribution in [2.75, 3.05) is 0 Å². The minimum absolute atomic E-state index is 0.175. The fourth-order valence-electron chi connectivity index (χ4n) is 1.17. The summed E-state index contributed by atoms with van der Waals surface area (Å²) in [4.78, 5) is 0. The van der Waals surface area contributed by atoms with E-state index in [1.54, 1.807) is 0 Å². The molecule has 2 rings (SSSR count). The van der Waals surface area contributed by atoms with Crippen LogP contribution >= 0.6 is 0 Å². The lowest BCUT2D eigenvalue weighted by Crippen LogP contribution is -2.22. The van der Waals surface area contributed by atoms with Crippen LogP contribution in [0.3, 0.4) is 0 Å². The molecule has 1 aromatic carbocycles. The van der Waals surface area contributed by atoms with E-state index in [0.717, 1.165) is 0 Å². The van der Waals surface area contributed by atoms with E-state index in [9.17, 15) is 8.71 Å². The molecule has 0 radical (unpaired) electrons.